The molecule has 0 saturated heterocycles. The Bertz CT molecular complexity index is 1100. The van der Waals surface area contributed by atoms with E-state index in [2.05, 4.69) is 63.4 Å². The molecule has 134 valence electrons. The van der Waals surface area contributed by atoms with E-state index < -0.39 is 0 Å². The summed E-state index contributed by atoms with van der Waals surface area (Å²) in [6.45, 7) is 3.97. The molecule has 0 atom stereocenters. The minimum atomic E-state index is 0.106. The van der Waals surface area contributed by atoms with E-state index in [1.165, 1.54) is 35.8 Å². The van der Waals surface area contributed by atoms with Crippen LogP contribution in [-0.2, 0) is 5.41 Å². The number of benzene rings is 1. The van der Waals surface area contributed by atoms with Gasteiger partial charge in [-0.1, -0.05) is 30.7 Å². The monoisotopic (exact) mass is 354 g/mol. The van der Waals surface area contributed by atoms with Gasteiger partial charge in [0.05, 0.1) is 11.7 Å². The van der Waals surface area contributed by atoms with E-state index in [1.54, 1.807) is 0 Å². The lowest BCUT2D eigenvalue weighted by atomic mass is 9.60. The summed E-state index contributed by atoms with van der Waals surface area (Å²) in [5, 5.41) is 1.30. The van der Waals surface area contributed by atoms with Gasteiger partial charge in [0.15, 0.2) is 0 Å². The predicted molar refractivity (Wildman–Crippen MR) is 108 cm³/mol. The first kappa shape index (κ1) is 16.2. The van der Waals surface area contributed by atoms with Gasteiger partial charge in [-0.15, -0.1) is 0 Å². The van der Waals surface area contributed by atoms with Crippen molar-refractivity contribution in [2.75, 3.05) is 0 Å². The molecule has 0 aliphatic heterocycles. The Hall–Kier alpha value is -3.01. The molecule has 1 aliphatic rings. The van der Waals surface area contributed by atoms with E-state index in [0.29, 0.717) is 0 Å². The topological polar surface area (TPSA) is 54.5 Å². The van der Waals surface area contributed by atoms with Crippen molar-refractivity contribution in [3.05, 3.63) is 77.8 Å². The standard InChI is InChI=1S/C23H22N4/c1-15-10-20-21(13-27-22(20)14-24-15)23(8-3-9-23)19-6-4-17(5-7-19)18-11-25-16(2)26-12-18/h4-7,10-14,27H,3,8-9H2,1-2H3. The fraction of sp³-hybridized carbons (Fsp3) is 0.261. The quantitative estimate of drug-likeness (QED) is 0.556. The number of aryl methyl sites for hydroxylation is 2. The maximum Gasteiger partial charge on any atom is 0.125 e. The van der Waals surface area contributed by atoms with E-state index in [-0.39, 0.29) is 5.41 Å². The highest BCUT2D eigenvalue weighted by Gasteiger charge is 2.41. The third-order valence-electron chi connectivity index (χ3n) is 5.98. The summed E-state index contributed by atoms with van der Waals surface area (Å²) in [7, 11) is 0. The molecule has 1 aliphatic carbocycles. The van der Waals surface area contributed by atoms with Crippen molar-refractivity contribution in [2.24, 2.45) is 0 Å². The highest BCUT2D eigenvalue weighted by molar-refractivity contribution is 5.85. The van der Waals surface area contributed by atoms with E-state index in [0.717, 1.165) is 28.2 Å². The van der Waals surface area contributed by atoms with Crippen LogP contribution in [0.25, 0.3) is 22.0 Å². The van der Waals surface area contributed by atoms with E-state index in [4.69, 9.17) is 0 Å². The van der Waals surface area contributed by atoms with Gasteiger partial charge < -0.3 is 4.98 Å². The zero-order valence-corrected chi connectivity index (χ0v) is 15.7. The number of nitrogens with zero attached hydrogens (tertiary/aromatic N) is 3. The molecule has 4 aromatic rings. The molecular weight excluding hydrogens is 332 g/mol. The molecule has 5 rings (SSSR count). The zero-order valence-electron chi connectivity index (χ0n) is 15.7. The van der Waals surface area contributed by atoms with Crippen molar-refractivity contribution in [2.45, 2.75) is 38.5 Å². The second-order valence-corrected chi connectivity index (χ2v) is 7.61. The molecule has 27 heavy (non-hydrogen) atoms. The van der Waals surface area contributed by atoms with Crippen LogP contribution >= 0.6 is 0 Å². The van der Waals surface area contributed by atoms with Crippen LogP contribution < -0.4 is 0 Å². The molecule has 0 amide bonds. The number of hydrogen-bond donors (Lipinski definition) is 1. The second-order valence-electron chi connectivity index (χ2n) is 7.61. The minimum absolute atomic E-state index is 0.106. The summed E-state index contributed by atoms with van der Waals surface area (Å²) < 4.78 is 0. The molecule has 1 fully saturated rings. The summed E-state index contributed by atoms with van der Waals surface area (Å²) in [6.07, 6.45) is 11.6. The number of aromatic nitrogens is 4. The SMILES string of the molecule is Cc1cc2c(C3(c4ccc(-c5cnc(C)nc5)cc4)CCC3)c[nH]c2cn1. The highest BCUT2D eigenvalue weighted by Crippen LogP contribution is 2.51. The summed E-state index contributed by atoms with van der Waals surface area (Å²) in [4.78, 5) is 16.5. The van der Waals surface area contributed by atoms with Gasteiger partial charge in [0, 0.05) is 40.6 Å². The molecule has 4 nitrogen and oxygen atoms in total. The van der Waals surface area contributed by atoms with Crippen molar-refractivity contribution < 1.29 is 0 Å². The lowest BCUT2D eigenvalue weighted by Gasteiger charge is -2.43. The Morgan fingerprint density at radius 3 is 2.30 bits per heavy atom. The van der Waals surface area contributed by atoms with Gasteiger partial charge in [0.25, 0.3) is 0 Å². The number of pyridine rings is 1. The van der Waals surface area contributed by atoms with Crippen LogP contribution in [0.5, 0.6) is 0 Å². The fourth-order valence-corrected chi connectivity index (χ4v) is 4.29. The van der Waals surface area contributed by atoms with Crippen molar-refractivity contribution >= 4 is 10.9 Å². The molecule has 3 heterocycles. The van der Waals surface area contributed by atoms with Crippen LogP contribution in [0.4, 0.5) is 0 Å². The van der Waals surface area contributed by atoms with Gasteiger partial charge in [-0.25, -0.2) is 9.97 Å². The molecule has 3 aromatic heterocycles. The first-order valence-corrected chi connectivity index (χ1v) is 9.49. The molecule has 0 spiro atoms. The summed E-state index contributed by atoms with van der Waals surface area (Å²) in [5.74, 6) is 0.799. The average molecular weight is 354 g/mol. The molecule has 1 aromatic carbocycles. The van der Waals surface area contributed by atoms with Crippen molar-refractivity contribution in [1.29, 1.82) is 0 Å². The van der Waals surface area contributed by atoms with Crippen molar-refractivity contribution in [1.82, 2.24) is 19.9 Å². The van der Waals surface area contributed by atoms with Crippen LogP contribution in [0.3, 0.4) is 0 Å². The van der Waals surface area contributed by atoms with Crippen LogP contribution in [0.15, 0.2) is 55.1 Å². The lowest BCUT2D eigenvalue weighted by molar-refractivity contribution is 0.304. The number of hydrogen-bond acceptors (Lipinski definition) is 3. The minimum Gasteiger partial charge on any atom is -0.360 e. The van der Waals surface area contributed by atoms with Gasteiger partial charge in [-0.3, -0.25) is 4.98 Å². The molecule has 0 unspecified atom stereocenters. The van der Waals surface area contributed by atoms with Gasteiger partial charge in [0.1, 0.15) is 5.82 Å². The van der Waals surface area contributed by atoms with E-state index >= 15 is 0 Å². The predicted octanol–water partition coefficient (Wildman–Crippen LogP) is 5.11. The second kappa shape index (κ2) is 6.02. The number of H-pyrrole nitrogens is 1. The zero-order chi connectivity index (χ0) is 18.4. The van der Waals surface area contributed by atoms with Crippen molar-refractivity contribution in [3.8, 4) is 11.1 Å². The van der Waals surface area contributed by atoms with Gasteiger partial charge >= 0.3 is 0 Å². The lowest BCUT2D eigenvalue weighted by Crippen LogP contribution is -2.35. The summed E-state index contributed by atoms with van der Waals surface area (Å²) >= 11 is 0. The maximum absolute atomic E-state index is 4.43. The third-order valence-corrected chi connectivity index (χ3v) is 5.98. The Labute approximate surface area is 158 Å². The number of aromatic amines is 1. The average Bonchev–Trinajstić information content (AvgIpc) is 3.06. The smallest absolute Gasteiger partial charge is 0.125 e. The first-order valence-electron chi connectivity index (χ1n) is 9.49. The molecular formula is C23H22N4. The Morgan fingerprint density at radius 1 is 0.889 bits per heavy atom. The first-order chi connectivity index (χ1) is 13.2. The summed E-state index contributed by atoms with van der Waals surface area (Å²) in [5.41, 5.74) is 7.30. The third kappa shape index (κ3) is 2.55. The number of fused-ring (bicyclic) bond motifs is 1. The maximum atomic E-state index is 4.43. The number of rotatable bonds is 3. The number of nitrogens with one attached hydrogen (secondary N) is 1. The fourth-order valence-electron chi connectivity index (χ4n) is 4.29. The van der Waals surface area contributed by atoms with E-state index in [9.17, 15) is 0 Å². The van der Waals surface area contributed by atoms with Gasteiger partial charge in [0.2, 0.25) is 0 Å². The van der Waals surface area contributed by atoms with Crippen LogP contribution in [0, 0.1) is 13.8 Å². The molecule has 0 bridgehead atoms. The highest BCUT2D eigenvalue weighted by atomic mass is 14.8. The normalized spacial score (nSPS) is 15.6. The molecule has 4 heteroatoms. The largest absolute Gasteiger partial charge is 0.360 e. The Balaban J connectivity index is 1.57. The Morgan fingerprint density at radius 2 is 1.63 bits per heavy atom. The summed E-state index contributed by atoms with van der Waals surface area (Å²) in [6, 6.07) is 11.2. The van der Waals surface area contributed by atoms with Crippen LogP contribution in [0.1, 0.15) is 41.9 Å². The Kier molecular flexibility index (Phi) is 3.61. The van der Waals surface area contributed by atoms with Gasteiger partial charge in [-0.2, -0.15) is 0 Å². The molecule has 1 N–H and O–H groups in total. The van der Waals surface area contributed by atoms with Crippen LogP contribution in [-0.4, -0.2) is 19.9 Å². The van der Waals surface area contributed by atoms with Gasteiger partial charge in [-0.05, 0) is 49.4 Å². The van der Waals surface area contributed by atoms with Crippen LogP contribution in [0.2, 0.25) is 0 Å². The molecule has 1 saturated carbocycles. The van der Waals surface area contributed by atoms with Crippen molar-refractivity contribution in [3.63, 3.8) is 0 Å². The molecule has 0 radical (unpaired) electrons. The van der Waals surface area contributed by atoms with E-state index in [1.807, 2.05) is 25.5 Å².